The Morgan fingerprint density at radius 1 is 1.14 bits per heavy atom. The number of esters is 1. The van der Waals surface area contributed by atoms with Gasteiger partial charge in [0.2, 0.25) is 5.91 Å². The van der Waals surface area contributed by atoms with E-state index in [-0.39, 0.29) is 37.4 Å². The molecule has 6 heteroatoms. The van der Waals surface area contributed by atoms with Gasteiger partial charge in [0.15, 0.2) is 6.61 Å². The third kappa shape index (κ3) is 4.83. The van der Waals surface area contributed by atoms with Crippen molar-refractivity contribution in [3.63, 3.8) is 0 Å². The predicted octanol–water partition coefficient (Wildman–Crippen LogP) is 3.08. The number of hydrogen-bond donors (Lipinski definition) is 1. The van der Waals surface area contributed by atoms with E-state index >= 15 is 0 Å². The molecular formula is C23H26N2O4. The first-order valence-electron chi connectivity index (χ1n) is 9.74. The van der Waals surface area contributed by atoms with E-state index in [0.717, 1.165) is 22.4 Å². The molecule has 29 heavy (non-hydrogen) atoms. The van der Waals surface area contributed by atoms with Crippen LogP contribution in [-0.2, 0) is 19.1 Å². The molecule has 1 heterocycles. The van der Waals surface area contributed by atoms with Gasteiger partial charge in [-0.3, -0.25) is 14.4 Å². The number of rotatable bonds is 6. The zero-order valence-electron chi connectivity index (χ0n) is 17.0. The Labute approximate surface area is 170 Å². The molecule has 1 N–H and O–H groups in total. The normalized spacial score (nSPS) is 17.1. The third-order valence-electron chi connectivity index (χ3n) is 5.35. The highest BCUT2D eigenvalue weighted by Gasteiger charge is 2.37. The van der Waals surface area contributed by atoms with E-state index in [2.05, 4.69) is 5.32 Å². The van der Waals surface area contributed by atoms with Crippen LogP contribution in [0.4, 0.5) is 5.69 Å². The van der Waals surface area contributed by atoms with E-state index in [1.54, 1.807) is 4.90 Å². The average Bonchev–Trinajstić information content (AvgIpc) is 3.10. The number of aryl methyl sites for hydroxylation is 1. The number of ether oxygens (including phenoxy) is 1. The van der Waals surface area contributed by atoms with Gasteiger partial charge in [-0.15, -0.1) is 0 Å². The summed E-state index contributed by atoms with van der Waals surface area (Å²) < 4.78 is 5.18. The largest absolute Gasteiger partial charge is 0.455 e. The molecule has 1 aliphatic rings. The summed E-state index contributed by atoms with van der Waals surface area (Å²) in [6, 6.07) is 15.1. The summed E-state index contributed by atoms with van der Waals surface area (Å²) in [5.41, 5.74) is 3.90. The summed E-state index contributed by atoms with van der Waals surface area (Å²) in [7, 11) is 0. The monoisotopic (exact) mass is 394 g/mol. The minimum atomic E-state index is -0.568. The van der Waals surface area contributed by atoms with Crippen molar-refractivity contribution in [2.75, 3.05) is 18.1 Å². The van der Waals surface area contributed by atoms with Crippen LogP contribution in [0.3, 0.4) is 0 Å². The van der Waals surface area contributed by atoms with Gasteiger partial charge in [-0.1, -0.05) is 42.5 Å². The fourth-order valence-corrected chi connectivity index (χ4v) is 3.49. The summed E-state index contributed by atoms with van der Waals surface area (Å²) in [6.45, 7) is 5.73. The van der Waals surface area contributed by atoms with Crippen molar-refractivity contribution in [1.29, 1.82) is 0 Å². The van der Waals surface area contributed by atoms with Crippen LogP contribution in [-0.4, -0.2) is 30.9 Å². The lowest BCUT2D eigenvalue weighted by atomic mass is 10.1. The molecule has 2 aromatic rings. The minimum absolute atomic E-state index is 0.0915. The molecule has 1 saturated heterocycles. The molecule has 2 atom stereocenters. The fourth-order valence-electron chi connectivity index (χ4n) is 3.49. The number of benzene rings is 2. The van der Waals surface area contributed by atoms with Gasteiger partial charge < -0.3 is 15.0 Å². The predicted molar refractivity (Wildman–Crippen MR) is 110 cm³/mol. The first-order valence-corrected chi connectivity index (χ1v) is 9.74. The van der Waals surface area contributed by atoms with Crippen molar-refractivity contribution in [3.05, 3.63) is 65.2 Å². The van der Waals surface area contributed by atoms with Crippen molar-refractivity contribution >= 4 is 23.5 Å². The van der Waals surface area contributed by atoms with Crippen molar-refractivity contribution in [2.24, 2.45) is 5.92 Å². The van der Waals surface area contributed by atoms with Gasteiger partial charge in [0, 0.05) is 18.7 Å². The Bertz CT molecular complexity index is 910. The third-order valence-corrected chi connectivity index (χ3v) is 5.35. The standard InChI is InChI=1S/C23H26N2O4/c1-15-8-7-11-20(16(15)2)25-13-19(12-22(25)27)23(28)29-14-21(26)24-17(3)18-9-5-4-6-10-18/h4-11,17,19H,12-14H2,1-3H3,(H,24,26)/t17-,19-/m0/s1. The number of anilines is 1. The summed E-state index contributed by atoms with van der Waals surface area (Å²) in [5.74, 6) is -1.57. The second kappa shape index (κ2) is 8.90. The summed E-state index contributed by atoms with van der Waals surface area (Å²) in [6.07, 6.45) is 0.0915. The number of amides is 2. The molecule has 6 nitrogen and oxygen atoms in total. The lowest BCUT2D eigenvalue weighted by molar-refractivity contribution is -0.152. The molecule has 0 saturated carbocycles. The number of nitrogens with zero attached hydrogens (tertiary/aromatic N) is 1. The zero-order valence-corrected chi connectivity index (χ0v) is 17.0. The quantitative estimate of drug-likeness (QED) is 0.764. The number of nitrogens with one attached hydrogen (secondary N) is 1. The molecule has 0 spiro atoms. The van der Waals surface area contributed by atoms with Gasteiger partial charge in [0.25, 0.3) is 5.91 Å². The Morgan fingerprint density at radius 3 is 2.59 bits per heavy atom. The molecular weight excluding hydrogens is 368 g/mol. The second-order valence-corrected chi connectivity index (χ2v) is 7.43. The van der Waals surface area contributed by atoms with Gasteiger partial charge in [-0.2, -0.15) is 0 Å². The van der Waals surface area contributed by atoms with E-state index in [4.69, 9.17) is 4.74 Å². The Kier molecular flexibility index (Phi) is 6.32. The summed E-state index contributed by atoms with van der Waals surface area (Å²) >= 11 is 0. The molecule has 1 aliphatic heterocycles. The highest BCUT2D eigenvalue weighted by atomic mass is 16.5. The van der Waals surface area contributed by atoms with Gasteiger partial charge in [-0.25, -0.2) is 0 Å². The lowest BCUT2D eigenvalue weighted by Crippen LogP contribution is -2.33. The number of hydrogen-bond acceptors (Lipinski definition) is 4. The zero-order chi connectivity index (χ0) is 21.0. The van der Waals surface area contributed by atoms with E-state index in [9.17, 15) is 14.4 Å². The second-order valence-electron chi connectivity index (χ2n) is 7.43. The van der Waals surface area contributed by atoms with E-state index in [1.165, 1.54) is 0 Å². The molecule has 0 aliphatic carbocycles. The molecule has 0 radical (unpaired) electrons. The lowest BCUT2D eigenvalue weighted by Gasteiger charge is -2.20. The SMILES string of the molecule is Cc1cccc(N2C[C@@H](C(=O)OCC(=O)N[C@@H](C)c3ccccc3)CC2=O)c1C. The van der Waals surface area contributed by atoms with Crippen molar-refractivity contribution < 1.29 is 19.1 Å². The minimum Gasteiger partial charge on any atom is -0.455 e. The van der Waals surface area contributed by atoms with Gasteiger partial charge in [0.05, 0.1) is 12.0 Å². The maximum absolute atomic E-state index is 12.4. The number of carbonyl (C=O) groups is 3. The van der Waals surface area contributed by atoms with Crippen LogP contribution in [0.2, 0.25) is 0 Å². The van der Waals surface area contributed by atoms with Gasteiger partial charge in [-0.05, 0) is 43.5 Å². The topological polar surface area (TPSA) is 75.7 Å². The van der Waals surface area contributed by atoms with Crippen LogP contribution in [0, 0.1) is 19.8 Å². The molecule has 2 amide bonds. The first-order chi connectivity index (χ1) is 13.9. The Hall–Kier alpha value is -3.15. The smallest absolute Gasteiger partial charge is 0.311 e. The van der Waals surface area contributed by atoms with Crippen molar-refractivity contribution in [1.82, 2.24) is 5.32 Å². The molecule has 0 bridgehead atoms. The molecule has 0 aromatic heterocycles. The maximum atomic E-state index is 12.4. The fraction of sp³-hybridized carbons (Fsp3) is 0.348. The summed E-state index contributed by atoms with van der Waals surface area (Å²) in [5, 5.41) is 2.81. The maximum Gasteiger partial charge on any atom is 0.311 e. The van der Waals surface area contributed by atoms with Crippen molar-refractivity contribution in [3.8, 4) is 0 Å². The van der Waals surface area contributed by atoms with Gasteiger partial charge >= 0.3 is 5.97 Å². The van der Waals surface area contributed by atoms with Crippen LogP contribution in [0.15, 0.2) is 48.5 Å². The van der Waals surface area contributed by atoms with Gasteiger partial charge in [0.1, 0.15) is 0 Å². The van der Waals surface area contributed by atoms with E-state index in [0.29, 0.717) is 0 Å². The average molecular weight is 394 g/mol. The van der Waals surface area contributed by atoms with E-state index in [1.807, 2.05) is 69.3 Å². The first kappa shape index (κ1) is 20.6. The highest BCUT2D eigenvalue weighted by Crippen LogP contribution is 2.29. The molecule has 0 unspecified atom stereocenters. The molecule has 2 aromatic carbocycles. The molecule has 1 fully saturated rings. The molecule has 3 rings (SSSR count). The van der Waals surface area contributed by atoms with Crippen LogP contribution >= 0.6 is 0 Å². The summed E-state index contributed by atoms with van der Waals surface area (Å²) in [4.78, 5) is 38.6. The van der Waals surface area contributed by atoms with Crippen LogP contribution in [0.25, 0.3) is 0 Å². The number of carbonyl (C=O) groups excluding carboxylic acids is 3. The van der Waals surface area contributed by atoms with Crippen molar-refractivity contribution in [2.45, 2.75) is 33.2 Å². The van der Waals surface area contributed by atoms with E-state index < -0.39 is 11.9 Å². The van der Waals surface area contributed by atoms with Crippen LogP contribution < -0.4 is 10.2 Å². The van der Waals surface area contributed by atoms with Crippen LogP contribution in [0.1, 0.15) is 36.1 Å². The Balaban J connectivity index is 1.53. The highest BCUT2D eigenvalue weighted by molar-refractivity contribution is 6.00. The molecule has 152 valence electrons. The Morgan fingerprint density at radius 2 is 1.86 bits per heavy atom. The van der Waals surface area contributed by atoms with Crippen LogP contribution in [0.5, 0.6) is 0 Å².